The second-order valence-corrected chi connectivity index (χ2v) is 5.92. The molecule has 1 aromatic carbocycles. The standard InChI is InChI=1S/C16H18N2O2S/c1-11-3-2-4-13-14(5-7-20-15(11)13)18-16(19)17-9-12-6-8-21-10-12/h2-4,6,8,10,14H,5,7,9H2,1H3,(H2,17,18,19)/t14-/m1/s1. The summed E-state index contributed by atoms with van der Waals surface area (Å²) in [7, 11) is 0. The predicted octanol–water partition coefficient (Wildman–Crippen LogP) is 3.38. The number of nitrogens with one attached hydrogen (secondary N) is 2. The molecule has 5 heteroatoms. The predicted molar refractivity (Wildman–Crippen MR) is 83.7 cm³/mol. The van der Waals surface area contributed by atoms with E-state index in [4.69, 9.17) is 4.74 Å². The molecule has 1 aromatic heterocycles. The first-order valence-corrected chi connectivity index (χ1v) is 7.96. The van der Waals surface area contributed by atoms with Crippen LogP contribution in [0, 0.1) is 6.92 Å². The molecule has 0 unspecified atom stereocenters. The van der Waals surface area contributed by atoms with Crippen molar-refractivity contribution in [1.82, 2.24) is 10.6 Å². The van der Waals surface area contributed by atoms with Crippen molar-refractivity contribution in [3.63, 3.8) is 0 Å². The van der Waals surface area contributed by atoms with E-state index in [9.17, 15) is 4.79 Å². The molecule has 0 spiro atoms. The SMILES string of the molecule is Cc1cccc2c1OCC[C@H]2NC(=O)NCc1ccsc1. The quantitative estimate of drug-likeness (QED) is 0.913. The van der Waals surface area contributed by atoms with Gasteiger partial charge in [0.25, 0.3) is 0 Å². The number of urea groups is 1. The zero-order valence-corrected chi connectivity index (χ0v) is 12.7. The molecule has 1 aliphatic heterocycles. The van der Waals surface area contributed by atoms with Crippen LogP contribution >= 0.6 is 11.3 Å². The first-order chi connectivity index (χ1) is 10.2. The molecule has 0 bridgehead atoms. The Kier molecular flexibility index (Phi) is 4.10. The number of benzene rings is 1. The average molecular weight is 302 g/mol. The van der Waals surface area contributed by atoms with Gasteiger partial charge in [0.2, 0.25) is 0 Å². The van der Waals surface area contributed by atoms with E-state index in [1.54, 1.807) is 11.3 Å². The maximum absolute atomic E-state index is 12.0. The smallest absolute Gasteiger partial charge is 0.315 e. The van der Waals surface area contributed by atoms with E-state index in [-0.39, 0.29) is 12.1 Å². The highest BCUT2D eigenvalue weighted by Crippen LogP contribution is 2.34. The van der Waals surface area contributed by atoms with E-state index in [1.165, 1.54) is 0 Å². The van der Waals surface area contributed by atoms with Crippen LogP contribution in [0.25, 0.3) is 0 Å². The van der Waals surface area contributed by atoms with Gasteiger partial charge in [-0.05, 0) is 34.9 Å². The minimum absolute atomic E-state index is 0.0103. The molecular weight excluding hydrogens is 284 g/mol. The molecule has 0 radical (unpaired) electrons. The van der Waals surface area contributed by atoms with Crippen LogP contribution in [-0.4, -0.2) is 12.6 Å². The van der Waals surface area contributed by atoms with Crippen molar-refractivity contribution < 1.29 is 9.53 Å². The first-order valence-electron chi connectivity index (χ1n) is 7.02. The zero-order chi connectivity index (χ0) is 14.7. The van der Waals surface area contributed by atoms with Crippen molar-refractivity contribution in [2.75, 3.05) is 6.61 Å². The Morgan fingerprint density at radius 3 is 3.14 bits per heavy atom. The molecule has 0 aliphatic carbocycles. The van der Waals surface area contributed by atoms with Crippen molar-refractivity contribution in [3.8, 4) is 5.75 Å². The highest BCUT2D eigenvalue weighted by molar-refractivity contribution is 7.07. The minimum atomic E-state index is -0.138. The molecule has 2 amide bonds. The van der Waals surface area contributed by atoms with Crippen molar-refractivity contribution in [2.45, 2.75) is 25.9 Å². The Bertz CT molecular complexity index is 625. The van der Waals surface area contributed by atoms with Crippen molar-refractivity contribution in [3.05, 3.63) is 51.7 Å². The Balaban J connectivity index is 1.63. The van der Waals surface area contributed by atoms with Crippen LogP contribution in [0.5, 0.6) is 5.75 Å². The summed E-state index contributed by atoms with van der Waals surface area (Å²) in [4.78, 5) is 12.0. The summed E-state index contributed by atoms with van der Waals surface area (Å²) in [5.41, 5.74) is 3.29. The Hall–Kier alpha value is -2.01. The summed E-state index contributed by atoms with van der Waals surface area (Å²) in [5.74, 6) is 0.909. The van der Waals surface area contributed by atoms with Gasteiger partial charge in [-0.15, -0.1) is 0 Å². The number of thiophene rings is 1. The lowest BCUT2D eigenvalue weighted by Gasteiger charge is -2.27. The monoisotopic (exact) mass is 302 g/mol. The van der Waals surface area contributed by atoms with Crippen LogP contribution < -0.4 is 15.4 Å². The lowest BCUT2D eigenvalue weighted by molar-refractivity contribution is 0.222. The van der Waals surface area contributed by atoms with Gasteiger partial charge in [0.15, 0.2) is 0 Å². The molecule has 21 heavy (non-hydrogen) atoms. The van der Waals surface area contributed by atoms with Gasteiger partial charge >= 0.3 is 6.03 Å². The summed E-state index contributed by atoms with van der Waals surface area (Å²) < 4.78 is 5.71. The van der Waals surface area contributed by atoms with Crippen molar-refractivity contribution in [2.24, 2.45) is 0 Å². The van der Waals surface area contributed by atoms with Gasteiger partial charge in [0.05, 0.1) is 12.6 Å². The Morgan fingerprint density at radius 2 is 2.33 bits per heavy atom. The maximum Gasteiger partial charge on any atom is 0.315 e. The summed E-state index contributed by atoms with van der Waals surface area (Å²) in [5, 5.41) is 9.97. The number of para-hydroxylation sites is 1. The molecule has 3 rings (SSSR count). The Morgan fingerprint density at radius 1 is 1.43 bits per heavy atom. The fraction of sp³-hybridized carbons (Fsp3) is 0.312. The number of ether oxygens (including phenoxy) is 1. The van der Waals surface area contributed by atoms with Crippen LogP contribution in [0.15, 0.2) is 35.0 Å². The number of hydrogen-bond donors (Lipinski definition) is 2. The van der Waals surface area contributed by atoms with Gasteiger partial charge in [0.1, 0.15) is 5.75 Å². The highest BCUT2D eigenvalue weighted by atomic mass is 32.1. The van der Waals surface area contributed by atoms with Crippen LogP contribution in [0.2, 0.25) is 0 Å². The van der Waals surface area contributed by atoms with Gasteiger partial charge in [-0.2, -0.15) is 11.3 Å². The van der Waals surface area contributed by atoms with E-state index < -0.39 is 0 Å². The number of rotatable bonds is 3. The largest absolute Gasteiger partial charge is 0.493 e. The third kappa shape index (κ3) is 3.19. The fourth-order valence-corrected chi connectivity index (χ4v) is 3.18. The molecule has 2 aromatic rings. The molecule has 4 nitrogen and oxygen atoms in total. The van der Waals surface area contributed by atoms with Crippen LogP contribution in [0.1, 0.15) is 29.2 Å². The summed E-state index contributed by atoms with van der Waals surface area (Å²) in [6, 6.07) is 7.93. The van der Waals surface area contributed by atoms with Gasteiger partial charge in [0, 0.05) is 18.5 Å². The van der Waals surface area contributed by atoms with E-state index >= 15 is 0 Å². The fourth-order valence-electron chi connectivity index (χ4n) is 2.52. The third-order valence-electron chi connectivity index (χ3n) is 3.61. The molecule has 0 saturated carbocycles. The maximum atomic E-state index is 12.0. The summed E-state index contributed by atoms with van der Waals surface area (Å²) >= 11 is 1.63. The van der Waals surface area contributed by atoms with E-state index in [2.05, 4.69) is 10.6 Å². The minimum Gasteiger partial charge on any atom is -0.493 e. The number of fused-ring (bicyclic) bond motifs is 1. The lowest BCUT2D eigenvalue weighted by Crippen LogP contribution is -2.39. The molecule has 2 N–H and O–H groups in total. The molecular formula is C16H18N2O2S. The molecule has 0 fully saturated rings. The van der Waals surface area contributed by atoms with Gasteiger partial charge in [-0.1, -0.05) is 18.2 Å². The number of aryl methyl sites for hydroxylation is 1. The van der Waals surface area contributed by atoms with Crippen LogP contribution in [-0.2, 0) is 6.54 Å². The van der Waals surface area contributed by atoms with Gasteiger partial charge < -0.3 is 15.4 Å². The number of hydrogen-bond acceptors (Lipinski definition) is 3. The Labute approximate surface area is 128 Å². The molecule has 0 saturated heterocycles. The first kappa shape index (κ1) is 13.9. The number of carbonyl (C=O) groups excluding carboxylic acids is 1. The normalized spacial score (nSPS) is 16.7. The van der Waals surface area contributed by atoms with Gasteiger partial charge in [-0.3, -0.25) is 0 Å². The number of amides is 2. The van der Waals surface area contributed by atoms with Crippen LogP contribution in [0.3, 0.4) is 0 Å². The third-order valence-corrected chi connectivity index (χ3v) is 4.34. The van der Waals surface area contributed by atoms with Crippen molar-refractivity contribution in [1.29, 1.82) is 0 Å². The second kappa shape index (κ2) is 6.18. The average Bonchev–Trinajstić information content (AvgIpc) is 3.00. The molecule has 1 aliphatic rings. The second-order valence-electron chi connectivity index (χ2n) is 5.14. The molecule has 2 heterocycles. The highest BCUT2D eigenvalue weighted by Gasteiger charge is 2.23. The summed E-state index contributed by atoms with van der Waals surface area (Å²) in [6.45, 7) is 3.21. The van der Waals surface area contributed by atoms with Gasteiger partial charge in [-0.25, -0.2) is 4.79 Å². The van der Waals surface area contributed by atoms with E-state index in [0.717, 1.165) is 28.9 Å². The lowest BCUT2D eigenvalue weighted by atomic mass is 9.98. The van der Waals surface area contributed by atoms with Crippen LogP contribution in [0.4, 0.5) is 4.79 Å². The number of carbonyl (C=O) groups is 1. The van der Waals surface area contributed by atoms with E-state index in [0.29, 0.717) is 13.2 Å². The zero-order valence-electron chi connectivity index (χ0n) is 11.9. The summed E-state index contributed by atoms with van der Waals surface area (Å²) in [6.07, 6.45) is 0.794. The van der Waals surface area contributed by atoms with E-state index in [1.807, 2.05) is 41.9 Å². The molecule has 1 atom stereocenters. The van der Waals surface area contributed by atoms with Crippen molar-refractivity contribution >= 4 is 17.4 Å². The topological polar surface area (TPSA) is 50.4 Å². The molecule has 110 valence electrons.